The van der Waals surface area contributed by atoms with Gasteiger partial charge in [0.05, 0.1) is 0 Å². The molecule has 0 heterocycles. The lowest BCUT2D eigenvalue weighted by atomic mass is 9.87. The Morgan fingerprint density at radius 1 is 0.750 bits per heavy atom. The van der Waals surface area contributed by atoms with Crippen molar-refractivity contribution in [3.63, 3.8) is 0 Å². The first-order valence-electron chi connectivity index (χ1n) is 14.0. The van der Waals surface area contributed by atoms with Crippen molar-refractivity contribution in [1.29, 1.82) is 0 Å². The van der Waals surface area contributed by atoms with Crippen molar-refractivity contribution in [2.75, 3.05) is 6.54 Å². The molecule has 0 saturated heterocycles. The molecule has 4 aromatic carbocycles. The van der Waals surface area contributed by atoms with Crippen LogP contribution in [0.2, 0.25) is 0 Å². The van der Waals surface area contributed by atoms with Gasteiger partial charge in [0, 0.05) is 36.3 Å². The van der Waals surface area contributed by atoms with Crippen LogP contribution in [0.15, 0.2) is 120 Å². The summed E-state index contributed by atoms with van der Waals surface area (Å²) in [4.78, 5) is 29.9. The monoisotopic (exact) mass is 596 g/mol. The molecule has 4 aromatic rings. The Kier molecular flexibility index (Phi) is 11.1. The van der Waals surface area contributed by atoms with E-state index < -0.39 is 6.04 Å². The minimum atomic E-state index is -0.636. The quantitative estimate of drug-likeness (QED) is 0.162. The maximum Gasteiger partial charge on any atom is 0.243 e. The lowest BCUT2D eigenvalue weighted by Gasteiger charge is -2.33. The molecule has 1 N–H and O–H groups in total. The highest BCUT2D eigenvalue weighted by molar-refractivity contribution is 9.10. The van der Waals surface area contributed by atoms with Gasteiger partial charge in [0.25, 0.3) is 0 Å². The molecule has 0 unspecified atom stereocenters. The van der Waals surface area contributed by atoms with Crippen molar-refractivity contribution in [1.82, 2.24) is 10.2 Å². The van der Waals surface area contributed by atoms with Crippen LogP contribution in [0.1, 0.15) is 54.4 Å². The largest absolute Gasteiger partial charge is 0.354 e. The van der Waals surface area contributed by atoms with Gasteiger partial charge in [-0.1, -0.05) is 132 Å². The van der Waals surface area contributed by atoms with Crippen molar-refractivity contribution in [2.24, 2.45) is 0 Å². The number of nitrogens with one attached hydrogen (secondary N) is 1. The second-order valence-corrected chi connectivity index (χ2v) is 11.0. The molecule has 4 rings (SSSR count). The summed E-state index contributed by atoms with van der Waals surface area (Å²) in [6.07, 6.45) is 2.59. The van der Waals surface area contributed by atoms with Gasteiger partial charge in [0.15, 0.2) is 0 Å². The van der Waals surface area contributed by atoms with Gasteiger partial charge >= 0.3 is 0 Å². The van der Waals surface area contributed by atoms with Crippen LogP contribution in [0.4, 0.5) is 0 Å². The number of hydrogen-bond donors (Lipinski definition) is 1. The summed E-state index contributed by atoms with van der Waals surface area (Å²) >= 11 is 3.51. The standard InChI is InChI=1S/C35H37BrN2O2/c1-2-3-23-37-35(40)33(24-27-13-7-4-8-14-27)38(26-28-19-21-31(36)22-20-28)34(39)25-32(29-15-9-5-10-16-29)30-17-11-6-12-18-30/h4-22,32-33H,2-3,23-26H2,1H3,(H,37,40)/t33-/m0/s1. The summed E-state index contributed by atoms with van der Waals surface area (Å²) in [6.45, 7) is 3.04. The number of nitrogens with zero attached hydrogens (tertiary/aromatic N) is 1. The Bertz CT molecular complexity index is 1290. The number of benzene rings is 4. The maximum atomic E-state index is 14.4. The zero-order valence-corrected chi connectivity index (χ0v) is 24.6. The topological polar surface area (TPSA) is 49.4 Å². The molecule has 4 nitrogen and oxygen atoms in total. The van der Waals surface area contributed by atoms with Gasteiger partial charge in [-0.25, -0.2) is 0 Å². The van der Waals surface area contributed by atoms with E-state index in [9.17, 15) is 9.59 Å². The van der Waals surface area contributed by atoms with Crippen LogP contribution >= 0.6 is 15.9 Å². The van der Waals surface area contributed by atoms with E-state index in [4.69, 9.17) is 0 Å². The number of carbonyl (C=O) groups is 2. The van der Waals surface area contributed by atoms with Gasteiger partial charge in [-0.15, -0.1) is 0 Å². The van der Waals surface area contributed by atoms with Crippen LogP contribution in [0, 0.1) is 0 Å². The van der Waals surface area contributed by atoms with Gasteiger partial charge in [0.1, 0.15) is 6.04 Å². The molecule has 0 saturated carbocycles. The third-order valence-corrected chi connectivity index (χ3v) is 7.68. The fourth-order valence-electron chi connectivity index (χ4n) is 4.94. The zero-order chi connectivity index (χ0) is 28.2. The van der Waals surface area contributed by atoms with E-state index in [1.54, 1.807) is 4.90 Å². The van der Waals surface area contributed by atoms with Crippen LogP contribution in [0.25, 0.3) is 0 Å². The van der Waals surface area contributed by atoms with Gasteiger partial charge in [0.2, 0.25) is 11.8 Å². The third-order valence-electron chi connectivity index (χ3n) is 7.15. The number of carbonyl (C=O) groups excluding carboxylic acids is 2. The SMILES string of the molecule is CCCCNC(=O)[C@H](Cc1ccccc1)N(Cc1ccc(Br)cc1)C(=O)CC(c1ccccc1)c1ccccc1. The number of hydrogen-bond acceptors (Lipinski definition) is 2. The lowest BCUT2D eigenvalue weighted by Crippen LogP contribution is -2.51. The van der Waals surface area contributed by atoms with Crippen molar-refractivity contribution in [2.45, 2.75) is 51.1 Å². The molecule has 40 heavy (non-hydrogen) atoms. The number of halogens is 1. The summed E-state index contributed by atoms with van der Waals surface area (Å²) in [6, 6.07) is 37.6. The Morgan fingerprint density at radius 3 is 1.85 bits per heavy atom. The van der Waals surface area contributed by atoms with Crippen molar-refractivity contribution in [3.8, 4) is 0 Å². The molecule has 0 spiro atoms. The van der Waals surface area contributed by atoms with Crippen molar-refractivity contribution in [3.05, 3.63) is 142 Å². The highest BCUT2D eigenvalue weighted by atomic mass is 79.9. The summed E-state index contributed by atoms with van der Waals surface area (Å²) < 4.78 is 0.973. The molecule has 206 valence electrons. The maximum absolute atomic E-state index is 14.4. The summed E-state index contributed by atoms with van der Waals surface area (Å²) in [7, 11) is 0. The van der Waals surface area contributed by atoms with Gasteiger partial charge in [-0.2, -0.15) is 0 Å². The van der Waals surface area contributed by atoms with Crippen LogP contribution in [0.3, 0.4) is 0 Å². The summed E-state index contributed by atoms with van der Waals surface area (Å²) in [5.74, 6) is -0.284. The van der Waals surface area contributed by atoms with Crippen LogP contribution in [0.5, 0.6) is 0 Å². The van der Waals surface area contributed by atoms with Gasteiger partial charge in [-0.3, -0.25) is 9.59 Å². The Balaban J connectivity index is 1.71. The molecule has 0 aliphatic heterocycles. The minimum Gasteiger partial charge on any atom is -0.354 e. The second kappa shape index (κ2) is 15.2. The zero-order valence-electron chi connectivity index (χ0n) is 23.0. The first-order valence-corrected chi connectivity index (χ1v) is 14.8. The first kappa shape index (κ1) is 29.3. The molecule has 0 aromatic heterocycles. The minimum absolute atomic E-state index is 0.0489. The number of rotatable bonds is 13. The predicted molar refractivity (Wildman–Crippen MR) is 166 cm³/mol. The lowest BCUT2D eigenvalue weighted by molar-refractivity contribution is -0.141. The smallest absolute Gasteiger partial charge is 0.243 e. The van der Waals surface area contributed by atoms with E-state index in [0.29, 0.717) is 19.5 Å². The molecular weight excluding hydrogens is 560 g/mol. The number of amides is 2. The predicted octanol–water partition coefficient (Wildman–Crippen LogP) is 7.53. The van der Waals surface area contributed by atoms with Crippen LogP contribution in [-0.2, 0) is 22.6 Å². The molecule has 0 aliphatic carbocycles. The van der Waals surface area contributed by atoms with E-state index in [-0.39, 0.29) is 24.2 Å². The van der Waals surface area contributed by atoms with Crippen molar-refractivity contribution >= 4 is 27.7 Å². The highest BCUT2D eigenvalue weighted by Gasteiger charge is 2.32. The fourth-order valence-corrected chi connectivity index (χ4v) is 5.20. The highest BCUT2D eigenvalue weighted by Crippen LogP contribution is 2.30. The Labute approximate surface area is 246 Å². The van der Waals surface area contributed by atoms with E-state index in [0.717, 1.165) is 39.6 Å². The average molecular weight is 598 g/mol. The molecule has 0 aliphatic rings. The van der Waals surface area contributed by atoms with E-state index in [1.165, 1.54) is 0 Å². The van der Waals surface area contributed by atoms with Crippen molar-refractivity contribution < 1.29 is 9.59 Å². The average Bonchev–Trinajstić information content (AvgIpc) is 3.00. The molecule has 2 amide bonds. The summed E-state index contributed by atoms with van der Waals surface area (Å²) in [5.41, 5.74) is 4.16. The molecule has 5 heteroatoms. The normalized spacial score (nSPS) is 11.7. The van der Waals surface area contributed by atoms with Crippen LogP contribution < -0.4 is 5.32 Å². The fraction of sp³-hybridized carbons (Fsp3) is 0.257. The Hall–Kier alpha value is -3.70. The van der Waals surface area contributed by atoms with Gasteiger partial charge < -0.3 is 10.2 Å². The molecule has 0 bridgehead atoms. The van der Waals surface area contributed by atoms with E-state index in [2.05, 4.69) is 52.4 Å². The Morgan fingerprint density at radius 2 is 1.30 bits per heavy atom. The van der Waals surface area contributed by atoms with E-state index in [1.807, 2.05) is 91.0 Å². The summed E-state index contributed by atoms with van der Waals surface area (Å²) in [5, 5.41) is 3.11. The van der Waals surface area contributed by atoms with Crippen LogP contribution in [-0.4, -0.2) is 29.3 Å². The van der Waals surface area contributed by atoms with E-state index >= 15 is 0 Å². The first-order chi connectivity index (χ1) is 19.5. The number of unbranched alkanes of at least 4 members (excludes halogenated alkanes) is 1. The molecule has 0 radical (unpaired) electrons. The second-order valence-electron chi connectivity index (χ2n) is 10.1. The molecule has 0 fully saturated rings. The molecule has 1 atom stereocenters. The molecular formula is C35H37BrN2O2. The van der Waals surface area contributed by atoms with Gasteiger partial charge in [-0.05, 0) is 40.8 Å². The third kappa shape index (κ3) is 8.40.